The van der Waals surface area contributed by atoms with Gasteiger partial charge in [0.05, 0.1) is 13.7 Å². The lowest BCUT2D eigenvalue weighted by atomic mass is 10.0. The smallest absolute Gasteiger partial charge is 0.333 e. The lowest BCUT2D eigenvalue weighted by Crippen LogP contribution is -2.44. The first-order valence-corrected chi connectivity index (χ1v) is 21.7. The Hall–Kier alpha value is -2.10. The van der Waals surface area contributed by atoms with Crippen LogP contribution in [-0.2, 0) is 20.7 Å². The monoisotopic (exact) mass is 630 g/mol. The van der Waals surface area contributed by atoms with Crippen molar-refractivity contribution in [1.29, 1.82) is 0 Å². The zero-order valence-electron chi connectivity index (χ0n) is 30.0. The predicted molar refractivity (Wildman–Crippen MR) is 188 cm³/mol. The minimum atomic E-state index is -2.08. The van der Waals surface area contributed by atoms with E-state index >= 15 is 0 Å². The molecule has 0 aliphatic carbocycles. The van der Waals surface area contributed by atoms with Crippen molar-refractivity contribution in [2.45, 2.75) is 131 Å². The largest absolute Gasteiger partial charge is 0.543 e. The first-order valence-electron chi connectivity index (χ1n) is 15.9. The fourth-order valence-corrected chi connectivity index (χ4v) is 5.93. The molecule has 1 aromatic carbocycles. The van der Waals surface area contributed by atoms with Gasteiger partial charge in [0.25, 0.3) is 0 Å². The van der Waals surface area contributed by atoms with Crippen LogP contribution in [0.1, 0.15) is 93.6 Å². The molecule has 1 rings (SSSR count). The number of allylic oxidation sites excluding steroid dienone is 4. The SMILES string of the molecule is CCOC/C(C)=C/CC/C(C)=C/CCC(=CCc1cc(O[Si](C)(C)C(C)(C)C)ccc1O[Si](C)(C)C(C)(C)C)C(=O)OC. The molecule has 0 aliphatic rings. The normalized spacial score (nSPS) is 14.1. The minimum Gasteiger partial charge on any atom is -0.543 e. The van der Waals surface area contributed by atoms with Gasteiger partial charge >= 0.3 is 5.97 Å². The number of ether oxygens (including phenoxy) is 2. The lowest BCUT2D eigenvalue weighted by molar-refractivity contribution is -0.136. The van der Waals surface area contributed by atoms with Crippen LogP contribution in [0.15, 0.2) is 53.1 Å². The Morgan fingerprint density at radius 2 is 1.37 bits per heavy atom. The van der Waals surface area contributed by atoms with E-state index in [9.17, 15) is 4.79 Å². The summed E-state index contributed by atoms with van der Waals surface area (Å²) in [6.07, 6.45) is 10.5. The van der Waals surface area contributed by atoms with E-state index in [-0.39, 0.29) is 16.0 Å². The van der Waals surface area contributed by atoms with E-state index in [4.69, 9.17) is 18.3 Å². The summed E-state index contributed by atoms with van der Waals surface area (Å²) < 4.78 is 24.1. The maximum atomic E-state index is 12.8. The van der Waals surface area contributed by atoms with Crippen LogP contribution in [0.25, 0.3) is 0 Å². The molecule has 244 valence electrons. The highest BCUT2D eigenvalue weighted by atomic mass is 28.4. The molecule has 0 aliphatic heterocycles. The van der Waals surface area contributed by atoms with Crippen LogP contribution in [0, 0.1) is 0 Å². The highest BCUT2D eigenvalue weighted by molar-refractivity contribution is 6.75. The molecule has 0 bridgehead atoms. The van der Waals surface area contributed by atoms with Crippen LogP contribution in [0.5, 0.6) is 11.5 Å². The highest BCUT2D eigenvalue weighted by Gasteiger charge is 2.40. The van der Waals surface area contributed by atoms with E-state index < -0.39 is 16.6 Å². The molecule has 0 N–H and O–H groups in total. The maximum Gasteiger partial charge on any atom is 0.333 e. The Morgan fingerprint density at radius 1 is 0.814 bits per heavy atom. The van der Waals surface area contributed by atoms with Crippen molar-refractivity contribution in [3.05, 3.63) is 58.7 Å². The van der Waals surface area contributed by atoms with Crippen molar-refractivity contribution in [2.24, 2.45) is 0 Å². The number of rotatable bonds is 16. The van der Waals surface area contributed by atoms with Gasteiger partial charge in [-0.05, 0) is 107 Å². The quantitative estimate of drug-likeness (QED) is 0.0787. The molecule has 0 saturated carbocycles. The summed E-state index contributed by atoms with van der Waals surface area (Å²) in [5.74, 6) is 1.46. The number of carbonyl (C=O) groups is 1. The van der Waals surface area contributed by atoms with Crippen molar-refractivity contribution in [3.8, 4) is 11.5 Å². The van der Waals surface area contributed by atoms with E-state index in [2.05, 4.69) is 106 Å². The molecule has 43 heavy (non-hydrogen) atoms. The van der Waals surface area contributed by atoms with Gasteiger partial charge in [0.1, 0.15) is 11.5 Å². The van der Waals surface area contributed by atoms with Gasteiger partial charge < -0.3 is 18.3 Å². The Balaban J connectivity index is 3.23. The topological polar surface area (TPSA) is 54.0 Å². The second-order valence-corrected chi connectivity index (χ2v) is 24.2. The molecular formula is C36H62O5Si2. The summed E-state index contributed by atoms with van der Waals surface area (Å²) in [5.41, 5.74) is 4.31. The van der Waals surface area contributed by atoms with Crippen LogP contribution in [0.4, 0.5) is 0 Å². The van der Waals surface area contributed by atoms with Crippen molar-refractivity contribution in [2.75, 3.05) is 20.3 Å². The highest BCUT2D eigenvalue weighted by Crippen LogP contribution is 2.41. The fraction of sp³-hybridized carbons (Fsp3) is 0.639. The third-order valence-corrected chi connectivity index (χ3v) is 17.6. The third-order valence-electron chi connectivity index (χ3n) is 8.87. The van der Waals surface area contributed by atoms with E-state index in [1.165, 1.54) is 18.3 Å². The minimum absolute atomic E-state index is 0.0650. The number of carbonyl (C=O) groups excluding carboxylic acids is 1. The van der Waals surface area contributed by atoms with Crippen molar-refractivity contribution < 1.29 is 23.1 Å². The Bertz CT molecular complexity index is 1130. The van der Waals surface area contributed by atoms with Gasteiger partial charge in [-0.25, -0.2) is 4.79 Å². The predicted octanol–water partition coefficient (Wildman–Crippen LogP) is 10.6. The average molecular weight is 631 g/mol. The van der Waals surface area contributed by atoms with Gasteiger partial charge in [-0.15, -0.1) is 0 Å². The molecular weight excluding hydrogens is 569 g/mol. The average Bonchev–Trinajstić information content (AvgIpc) is 2.88. The summed E-state index contributed by atoms with van der Waals surface area (Å²) in [5, 5.41) is 0.154. The number of hydrogen-bond acceptors (Lipinski definition) is 5. The number of esters is 1. The maximum absolute atomic E-state index is 12.8. The number of methoxy groups -OCH3 is 1. The second-order valence-electron chi connectivity index (χ2n) is 14.7. The third kappa shape index (κ3) is 13.2. The summed E-state index contributed by atoms with van der Waals surface area (Å²) in [4.78, 5) is 12.8. The van der Waals surface area contributed by atoms with Gasteiger partial charge in [0.2, 0.25) is 16.6 Å². The molecule has 0 fully saturated rings. The summed E-state index contributed by atoms with van der Waals surface area (Å²) in [6.45, 7) is 30.2. The second kappa shape index (κ2) is 16.8. The van der Waals surface area contributed by atoms with Gasteiger partial charge in [-0.3, -0.25) is 0 Å². The van der Waals surface area contributed by atoms with Gasteiger partial charge in [0, 0.05) is 17.7 Å². The Morgan fingerprint density at radius 3 is 1.93 bits per heavy atom. The molecule has 0 spiro atoms. The van der Waals surface area contributed by atoms with Crippen LogP contribution in [0.3, 0.4) is 0 Å². The molecule has 0 amide bonds. The molecule has 0 aromatic heterocycles. The summed E-state index contributed by atoms with van der Waals surface area (Å²) >= 11 is 0. The van der Waals surface area contributed by atoms with Crippen molar-refractivity contribution >= 4 is 22.6 Å². The Kier molecular flexibility index (Phi) is 15.2. The standard InChI is InChI=1S/C36H62O5Si2/c1-15-39-27-29(3)20-16-18-28(2)19-17-21-30(34(37)38-10)22-23-31-26-32(40-42(11,12)35(4,5)6)24-25-33(31)41-43(13,14)36(7,8)9/h19-20,22,24-26H,15-18,21,23,27H2,1-14H3/b28-19+,29-20+,30-22?. The summed E-state index contributed by atoms with van der Waals surface area (Å²) in [6, 6.07) is 6.21. The molecule has 0 heterocycles. The summed E-state index contributed by atoms with van der Waals surface area (Å²) in [7, 11) is -2.65. The fourth-order valence-electron chi connectivity index (χ4n) is 3.85. The van der Waals surface area contributed by atoms with Gasteiger partial charge in [-0.1, -0.05) is 70.9 Å². The van der Waals surface area contributed by atoms with E-state index in [1.807, 2.05) is 19.1 Å². The van der Waals surface area contributed by atoms with Crippen LogP contribution in [0.2, 0.25) is 36.3 Å². The zero-order valence-corrected chi connectivity index (χ0v) is 32.0. The molecule has 7 heteroatoms. The molecule has 0 radical (unpaired) electrons. The number of benzene rings is 1. The van der Waals surface area contributed by atoms with Gasteiger partial charge in [0.15, 0.2) is 0 Å². The number of hydrogen-bond donors (Lipinski definition) is 0. The van der Waals surface area contributed by atoms with Crippen LogP contribution >= 0.6 is 0 Å². The van der Waals surface area contributed by atoms with E-state index in [1.54, 1.807) is 0 Å². The van der Waals surface area contributed by atoms with Crippen LogP contribution in [-0.4, -0.2) is 42.9 Å². The van der Waals surface area contributed by atoms with Gasteiger partial charge in [-0.2, -0.15) is 0 Å². The molecule has 0 saturated heterocycles. The zero-order chi connectivity index (χ0) is 33.1. The van der Waals surface area contributed by atoms with E-state index in [0.717, 1.165) is 42.9 Å². The Labute approximate surface area is 266 Å². The lowest BCUT2D eigenvalue weighted by Gasteiger charge is -2.38. The molecule has 0 unspecified atom stereocenters. The first-order chi connectivity index (χ1) is 19.7. The van der Waals surface area contributed by atoms with Crippen LogP contribution < -0.4 is 8.85 Å². The van der Waals surface area contributed by atoms with E-state index in [0.29, 0.717) is 25.0 Å². The molecule has 5 nitrogen and oxygen atoms in total. The molecule has 1 aromatic rings. The first kappa shape index (κ1) is 38.9. The van der Waals surface area contributed by atoms with Crippen molar-refractivity contribution in [1.82, 2.24) is 0 Å². The molecule has 0 atom stereocenters. The van der Waals surface area contributed by atoms with Crippen molar-refractivity contribution in [3.63, 3.8) is 0 Å².